The van der Waals surface area contributed by atoms with E-state index in [1.807, 2.05) is 38.1 Å². The van der Waals surface area contributed by atoms with Crippen LogP contribution < -0.4 is 16.0 Å². The number of benzene rings is 2. The molecule has 6 heteroatoms. The van der Waals surface area contributed by atoms with Crippen molar-refractivity contribution < 1.29 is 14.0 Å². The normalized spacial score (nSPS) is 11.5. The SMILES string of the molecule is CCCC(NC(=O)NCc1ccc(F)cc1)C(=O)NCc1ccc(C)cc1. The van der Waals surface area contributed by atoms with E-state index in [1.165, 1.54) is 12.1 Å². The Kier molecular flexibility index (Phi) is 7.79. The van der Waals surface area contributed by atoms with Crippen LogP contribution in [0.3, 0.4) is 0 Å². The Morgan fingerprint density at radius 3 is 2.07 bits per heavy atom. The fraction of sp³-hybridized carbons (Fsp3) is 0.333. The Labute approximate surface area is 159 Å². The molecule has 27 heavy (non-hydrogen) atoms. The van der Waals surface area contributed by atoms with Crippen LogP contribution in [0.2, 0.25) is 0 Å². The molecule has 3 amide bonds. The number of urea groups is 1. The lowest BCUT2D eigenvalue weighted by Crippen LogP contribution is -2.49. The molecule has 0 saturated carbocycles. The Bertz CT molecular complexity index is 745. The van der Waals surface area contributed by atoms with E-state index in [9.17, 15) is 14.0 Å². The highest BCUT2D eigenvalue weighted by molar-refractivity contribution is 5.86. The van der Waals surface area contributed by atoms with Gasteiger partial charge in [-0.1, -0.05) is 55.3 Å². The second-order valence-electron chi connectivity index (χ2n) is 6.50. The Hall–Kier alpha value is -2.89. The molecule has 0 aliphatic carbocycles. The van der Waals surface area contributed by atoms with E-state index in [4.69, 9.17) is 0 Å². The topological polar surface area (TPSA) is 70.2 Å². The summed E-state index contributed by atoms with van der Waals surface area (Å²) in [5, 5.41) is 8.26. The van der Waals surface area contributed by atoms with Gasteiger partial charge < -0.3 is 16.0 Å². The third-order valence-corrected chi connectivity index (χ3v) is 4.15. The van der Waals surface area contributed by atoms with Crippen LogP contribution in [0.1, 0.15) is 36.5 Å². The van der Waals surface area contributed by atoms with E-state index in [0.717, 1.165) is 23.1 Å². The molecule has 0 spiro atoms. The third-order valence-electron chi connectivity index (χ3n) is 4.15. The van der Waals surface area contributed by atoms with Crippen LogP contribution in [0.5, 0.6) is 0 Å². The minimum Gasteiger partial charge on any atom is -0.350 e. The minimum atomic E-state index is -0.603. The van der Waals surface area contributed by atoms with Gasteiger partial charge in [0.2, 0.25) is 5.91 Å². The number of amides is 3. The zero-order valence-electron chi connectivity index (χ0n) is 15.7. The van der Waals surface area contributed by atoms with E-state index < -0.39 is 12.1 Å². The van der Waals surface area contributed by atoms with E-state index in [-0.39, 0.29) is 18.3 Å². The van der Waals surface area contributed by atoms with E-state index in [2.05, 4.69) is 16.0 Å². The summed E-state index contributed by atoms with van der Waals surface area (Å²) in [7, 11) is 0. The standard InChI is InChI=1S/C21H26FN3O2/c1-3-4-19(20(26)23-13-16-7-5-15(2)6-8-16)25-21(27)24-14-17-9-11-18(22)12-10-17/h5-12,19H,3-4,13-14H2,1-2H3,(H,23,26)(H2,24,25,27). The van der Waals surface area contributed by atoms with Crippen molar-refractivity contribution in [3.05, 3.63) is 71.0 Å². The van der Waals surface area contributed by atoms with Crippen molar-refractivity contribution in [2.45, 2.75) is 45.8 Å². The lowest BCUT2D eigenvalue weighted by Gasteiger charge is -2.18. The highest BCUT2D eigenvalue weighted by Crippen LogP contribution is 2.04. The third kappa shape index (κ3) is 7.09. The summed E-state index contributed by atoms with van der Waals surface area (Å²) >= 11 is 0. The highest BCUT2D eigenvalue weighted by Gasteiger charge is 2.19. The van der Waals surface area contributed by atoms with Crippen LogP contribution in [-0.2, 0) is 17.9 Å². The van der Waals surface area contributed by atoms with Gasteiger partial charge in [0.25, 0.3) is 0 Å². The van der Waals surface area contributed by atoms with Crippen LogP contribution >= 0.6 is 0 Å². The van der Waals surface area contributed by atoms with Crippen molar-refractivity contribution in [2.24, 2.45) is 0 Å². The molecule has 0 aliphatic heterocycles. The number of halogens is 1. The van der Waals surface area contributed by atoms with Gasteiger partial charge in [0.05, 0.1) is 0 Å². The second-order valence-corrected chi connectivity index (χ2v) is 6.50. The predicted molar refractivity (Wildman–Crippen MR) is 103 cm³/mol. The number of aryl methyl sites for hydroxylation is 1. The Balaban J connectivity index is 1.83. The monoisotopic (exact) mass is 371 g/mol. The van der Waals surface area contributed by atoms with Gasteiger partial charge in [-0.15, -0.1) is 0 Å². The summed E-state index contributed by atoms with van der Waals surface area (Å²) in [6, 6.07) is 12.8. The lowest BCUT2D eigenvalue weighted by molar-refractivity contribution is -0.123. The first-order valence-corrected chi connectivity index (χ1v) is 9.10. The number of carbonyl (C=O) groups excluding carboxylic acids is 2. The van der Waals surface area contributed by atoms with Crippen LogP contribution in [0, 0.1) is 12.7 Å². The van der Waals surface area contributed by atoms with Crippen LogP contribution in [0.15, 0.2) is 48.5 Å². The van der Waals surface area contributed by atoms with Crippen molar-refractivity contribution in [1.82, 2.24) is 16.0 Å². The zero-order chi connectivity index (χ0) is 19.6. The van der Waals surface area contributed by atoms with Gasteiger partial charge >= 0.3 is 6.03 Å². The summed E-state index contributed by atoms with van der Waals surface area (Å²) in [4.78, 5) is 24.5. The summed E-state index contributed by atoms with van der Waals surface area (Å²) in [5.41, 5.74) is 2.95. The first kappa shape index (κ1) is 20.4. The number of hydrogen-bond donors (Lipinski definition) is 3. The van der Waals surface area contributed by atoms with Crippen molar-refractivity contribution in [2.75, 3.05) is 0 Å². The largest absolute Gasteiger partial charge is 0.350 e. The molecular formula is C21H26FN3O2. The van der Waals surface area contributed by atoms with E-state index in [1.54, 1.807) is 12.1 Å². The number of carbonyl (C=O) groups is 2. The van der Waals surface area contributed by atoms with Gasteiger partial charge in [-0.25, -0.2) is 9.18 Å². The van der Waals surface area contributed by atoms with Gasteiger partial charge in [-0.3, -0.25) is 4.79 Å². The first-order chi connectivity index (χ1) is 13.0. The van der Waals surface area contributed by atoms with Crippen LogP contribution in [0.25, 0.3) is 0 Å². The van der Waals surface area contributed by atoms with Crippen molar-refractivity contribution in [3.8, 4) is 0 Å². The van der Waals surface area contributed by atoms with Crippen molar-refractivity contribution >= 4 is 11.9 Å². The summed E-state index contributed by atoms with van der Waals surface area (Å²) in [5.74, 6) is -0.536. The van der Waals surface area contributed by atoms with Gasteiger partial charge in [-0.05, 0) is 36.6 Å². The molecule has 0 fully saturated rings. The molecule has 2 aromatic carbocycles. The van der Waals surface area contributed by atoms with Gasteiger partial charge in [0, 0.05) is 13.1 Å². The molecule has 144 valence electrons. The summed E-state index contributed by atoms with van der Waals surface area (Å²) < 4.78 is 12.9. The molecule has 0 radical (unpaired) electrons. The summed E-state index contributed by atoms with van der Waals surface area (Å²) in [6.07, 6.45) is 1.31. The number of rotatable bonds is 8. The number of nitrogens with one attached hydrogen (secondary N) is 3. The molecule has 0 bridgehead atoms. The molecule has 1 unspecified atom stereocenters. The fourth-order valence-electron chi connectivity index (χ4n) is 2.57. The van der Waals surface area contributed by atoms with Crippen molar-refractivity contribution in [1.29, 1.82) is 0 Å². The molecule has 2 rings (SSSR count). The Morgan fingerprint density at radius 2 is 1.48 bits per heavy atom. The minimum absolute atomic E-state index is 0.214. The van der Waals surface area contributed by atoms with Gasteiger partial charge in [0.1, 0.15) is 11.9 Å². The van der Waals surface area contributed by atoms with Gasteiger partial charge in [-0.2, -0.15) is 0 Å². The van der Waals surface area contributed by atoms with E-state index >= 15 is 0 Å². The molecule has 0 aliphatic rings. The fourth-order valence-corrected chi connectivity index (χ4v) is 2.57. The molecule has 5 nitrogen and oxygen atoms in total. The molecule has 3 N–H and O–H groups in total. The van der Waals surface area contributed by atoms with Gasteiger partial charge in [0.15, 0.2) is 0 Å². The molecule has 2 aromatic rings. The van der Waals surface area contributed by atoms with Crippen molar-refractivity contribution in [3.63, 3.8) is 0 Å². The predicted octanol–water partition coefficient (Wildman–Crippen LogP) is 3.42. The highest BCUT2D eigenvalue weighted by atomic mass is 19.1. The summed E-state index contributed by atoms with van der Waals surface area (Å²) in [6.45, 7) is 4.64. The lowest BCUT2D eigenvalue weighted by atomic mass is 10.1. The smallest absolute Gasteiger partial charge is 0.315 e. The van der Waals surface area contributed by atoms with E-state index in [0.29, 0.717) is 13.0 Å². The zero-order valence-corrected chi connectivity index (χ0v) is 15.7. The quantitative estimate of drug-likeness (QED) is 0.665. The molecule has 0 saturated heterocycles. The second kappa shape index (κ2) is 10.3. The number of hydrogen-bond acceptors (Lipinski definition) is 2. The molecule has 1 atom stereocenters. The maximum absolute atomic E-state index is 12.9. The average Bonchev–Trinajstić information content (AvgIpc) is 2.66. The maximum Gasteiger partial charge on any atom is 0.315 e. The van der Waals surface area contributed by atoms with Crippen LogP contribution in [0.4, 0.5) is 9.18 Å². The molecule has 0 aromatic heterocycles. The molecular weight excluding hydrogens is 345 g/mol. The first-order valence-electron chi connectivity index (χ1n) is 9.10. The Morgan fingerprint density at radius 1 is 0.926 bits per heavy atom. The average molecular weight is 371 g/mol. The van der Waals surface area contributed by atoms with Crippen LogP contribution in [-0.4, -0.2) is 18.0 Å². The maximum atomic E-state index is 12.9. The molecule has 0 heterocycles.